The number of carboxylic acids is 2. The van der Waals surface area contributed by atoms with Crippen LogP contribution in [0, 0.1) is 5.92 Å². The molecule has 15 heteroatoms. The Kier molecular flexibility index (Phi) is 15.1. The highest BCUT2D eigenvalue weighted by atomic mass is 16.4. The number of hydrogen-bond donors (Lipinski definition) is 9. The number of carboxylic acid groups (broad SMARTS) is 2. The van der Waals surface area contributed by atoms with E-state index >= 15 is 0 Å². The molecule has 0 radical (unpaired) electrons. The Morgan fingerprint density at radius 1 is 0.786 bits per heavy atom. The first kappa shape index (κ1) is 35.9. The SMILES string of the molecule is CC(C)CC(NC(=O)C(NC(=O)C(CCC(=O)O)NC(=O)C(N)Cc1ccccc1)C(C)O)C(=O)NC(CO)C(=O)O. The Morgan fingerprint density at radius 3 is 1.83 bits per heavy atom. The van der Waals surface area contributed by atoms with Crippen LogP contribution < -0.4 is 27.0 Å². The molecule has 1 aromatic carbocycles. The van der Waals surface area contributed by atoms with Crippen LogP contribution in [0.15, 0.2) is 30.3 Å². The van der Waals surface area contributed by atoms with Gasteiger partial charge >= 0.3 is 11.9 Å². The number of carbonyl (C=O) groups is 6. The molecule has 6 unspecified atom stereocenters. The maximum atomic E-state index is 13.1. The van der Waals surface area contributed by atoms with E-state index in [9.17, 15) is 39.0 Å². The topological polar surface area (TPSA) is 257 Å². The normalized spacial score (nSPS) is 15.3. The number of aliphatic carboxylic acids is 2. The summed E-state index contributed by atoms with van der Waals surface area (Å²) >= 11 is 0. The molecule has 1 aromatic rings. The van der Waals surface area contributed by atoms with Crippen molar-refractivity contribution in [2.75, 3.05) is 6.61 Å². The van der Waals surface area contributed by atoms with Gasteiger partial charge in [0.15, 0.2) is 0 Å². The van der Waals surface area contributed by atoms with Gasteiger partial charge in [0, 0.05) is 6.42 Å². The molecule has 4 amide bonds. The molecule has 10 N–H and O–H groups in total. The quantitative estimate of drug-likeness (QED) is 0.0885. The minimum Gasteiger partial charge on any atom is -0.481 e. The Bertz CT molecular complexity index is 1080. The molecule has 0 aliphatic rings. The summed E-state index contributed by atoms with van der Waals surface area (Å²) in [6, 6.07) is 1.76. The van der Waals surface area contributed by atoms with E-state index in [1.165, 1.54) is 6.92 Å². The Hall–Kier alpha value is -4.08. The maximum Gasteiger partial charge on any atom is 0.328 e. The molecular weight excluding hydrogens is 554 g/mol. The van der Waals surface area contributed by atoms with E-state index in [2.05, 4.69) is 21.3 Å². The van der Waals surface area contributed by atoms with E-state index in [4.69, 9.17) is 15.9 Å². The Morgan fingerprint density at radius 2 is 1.33 bits per heavy atom. The van der Waals surface area contributed by atoms with E-state index in [0.717, 1.165) is 5.56 Å². The van der Waals surface area contributed by atoms with E-state index in [0.29, 0.717) is 0 Å². The second-order valence-corrected chi connectivity index (χ2v) is 10.3. The fourth-order valence-corrected chi connectivity index (χ4v) is 3.86. The van der Waals surface area contributed by atoms with Gasteiger partial charge in [-0.2, -0.15) is 0 Å². The number of rotatable bonds is 18. The van der Waals surface area contributed by atoms with Crippen molar-refractivity contribution in [3.8, 4) is 0 Å². The predicted octanol–water partition coefficient (Wildman–Crippen LogP) is -2.14. The first-order valence-corrected chi connectivity index (χ1v) is 13.4. The fraction of sp³-hybridized carbons (Fsp3) is 0.556. The summed E-state index contributed by atoms with van der Waals surface area (Å²) in [6.07, 6.45) is -2.18. The smallest absolute Gasteiger partial charge is 0.328 e. The van der Waals surface area contributed by atoms with Gasteiger partial charge < -0.3 is 47.4 Å². The van der Waals surface area contributed by atoms with Crippen LogP contribution in [-0.4, -0.2) is 98.9 Å². The summed E-state index contributed by atoms with van der Waals surface area (Å²) in [6.45, 7) is 3.77. The first-order chi connectivity index (χ1) is 19.7. The van der Waals surface area contributed by atoms with Crippen LogP contribution in [0.3, 0.4) is 0 Å². The predicted molar refractivity (Wildman–Crippen MR) is 149 cm³/mol. The fourth-order valence-electron chi connectivity index (χ4n) is 3.86. The summed E-state index contributed by atoms with van der Waals surface area (Å²) in [5, 5.41) is 46.9. The lowest BCUT2D eigenvalue weighted by atomic mass is 10.0. The first-order valence-electron chi connectivity index (χ1n) is 13.4. The molecule has 0 bridgehead atoms. The molecule has 234 valence electrons. The third kappa shape index (κ3) is 12.6. The lowest BCUT2D eigenvalue weighted by Gasteiger charge is -2.28. The van der Waals surface area contributed by atoms with Gasteiger partial charge in [0.1, 0.15) is 24.2 Å². The molecule has 15 nitrogen and oxygen atoms in total. The van der Waals surface area contributed by atoms with Gasteiger partial charge in [-0.25, -0.2) is 4.79 Å². The molecule has 42 heavy (non-hydrogen) atoms. The molecule has 6 atom stereocenters. The maximum absolute atomic E-state index is 13.1. The summed E-state index contributed by atoms with van der Waals surface area (Å²) in [7, 11) is 0. The van der Waals surface area contributed by atoms with Crippen molar-refractivity contribution >= 4 is 35.6 Å². The summed E-state index contributed by atoms with van der Waals surface area (Å²) in [5.74, 6) is -6.53. The number of hydrogen-bond acceptors (Lipinski definition) is 9. The second kappa shape index (κ2) is 17.7. The molecule has 0 spiro atoms. The van der Waals surface area contributed by atoms with Crippen molar-refractivity contribution in [3.05, 3.63) is 35.9 Å². The van der Waals surface area contributed by atoms with Crippen LogP contribution in [0.1, 0.15) is 45.6 Å². The number of nitrogens with two attached hydrogens (primary N) is 1. The zero-order valence-electron chi connectivity index (χ0n) is 23.8. The average Bonchev–Trinajstić information content (AvgIpc) is 2.91. The number of benzene rings is 1. The van der Waals surface area contributed by atoms with Gasteiger partial charge in [-0.15, -0.1) is 0 Å². The minimum atomic E-state index is -1.64. The van der Waals surface area contributed by atoms with Crippen molar-refractivity contribution in [3.63, 3.8) is 0 Å². The number of aliphatic hydroxyl groups is 2. The van der Waals surface area contributed by atoms with E-state index in [1.54, 1.807) is 44.2 Å². The third-order valence-electron chi connectivity index (χ3n) is 6.11. The highest BCUT2D eigenvalue weighted by Gasteiger charge is 2.34. The number of amides is 4. The third-order valence-corrected chi connectivity index (χ3v) is 6.11. The molecule has 0 saturated heterocycles. The summed E-state index contributed by atoms with van der Waals surface area (Å²) in [5.41, 5.74) is 6.74. The Labute approximate surface area is 243 Å². The number of carbonyl (C=O) groups excluding carboxylic acids is 4. The van der Waals surface area contributed by atoms with Gasteiger partial charge in [0.2, 0.25) is 23.6 Å². The summed E-state index contributed by atoms with van der Waals surface area (Å²) < 4.78 is 0. The molecule has 0 aromatic heterocycles. The molecule has 1 rings (SSSR count). The molecule has 0 aliphatic carbocycles. The van der Waals surface area contributed by atoms with E-state index in [-0.39, 0.29) is 25.2 Å². The van der Waals surface area contributed by atoms with E-state index < -0.39 is 84.9 Å². The minimum absolute atomic E-state index is 0.0480. The van der Waals surface area contributed by atoms with Crippen LogP contribution >= 0.6 is 0 Å². The van der Waals surface area contributed by atoms with Crippen LogP contribution in [0.2, 0.25) is 0 Å². The zero-order chi connectivity index (χ0) is 32.0. The highest BCUT2D eigenvalue weighted by Crippen LogP contribution is 2.08. The standard InChI is InChI=1S/C27H41N5O10/c1-14(2)11-19(25(39)31-20(13-33)27(41)42)30-26(40)22(15(3)34)32-24(38)18(9-10-21(35)36)29-23(37)17(28)12-16-7-5-4-6-8-16/h4-8,14-15,17-20,22,33-34H,9-13,28H2,1-3H3,(H,29,37)(H,30,40)(H,31,39)(H,32,38)(H,35,36)(H,41,42). The van der Waals surface area contributed by atoms with Crippen molar-refractivity contribution in [1.29, 1.82) is 0 Å². The van der Waals surface area contributed by atoms with Gasteiger partial charge in [0.05, 0.1) is 18.8 Å². The van der Waals surface area contributed by atoms with Gasteiger partial charge in [-0.05, 0) is 37.7 Å². The van der Waals surface area contributed by atoms with Gasteiger partial charge in [-0.1, -0.05) is 44.2 Å². The van der Waals surface area contributed by atoms with Crippen molar-refractivity contribution in [2.24, 2.45) is 11.7 Å². The largest absolute Gasteiger partial charge is 0.481 e. The number of nitrogens with one attached hydrogen (secondary N) is 4. The zero-order valence-corrected chi connectivity index (χ0v) is 23.8. The lowest BCUT2D eigenvalue weighted by Crippen LogP contribution is -2.61. The monoisotopic (exact) mass is 595 g/mol. The van der Waals surface area contributed by atoms with Gasteiger partial charge in [0.25, 0.3) is 0 Å². The second-order valence-electron chi connectivity index (χ2n) is 10.3. The van der Waals surface area contributed by atoms with Crippen LogP contribution in [0.25, 0.3) is 0 Å². The van der Waals surface area contributed by atoms with Crippen molar-refractivity contribution < 1.29 is 49.2 Å². The number of aliphatic hydroxyl groups excluding tert-OH is 2. The lowest BCUT2D eigenvalue weighted by molar-refractivity contribution is -0.143. The Balaban J connectivity index is 3.06. The highest BCUT2D eigenvalue weighted by molar-refractivity contribution is 5.95. The summed E-state index contributed by atoms with van der Waals surface area (Å²) in [4.78, 5) is 74.1. The van der Waals surface area contributed by atoms with Gasteiger partial charge in [-0.3, -0.25) is 24.0 Å². The molecule has 0 saturated carbocycles. The van der Waals surface area contributed by atoms with Crippen LogP contribution in [0.5, 0.6) is 0 Å². The molecule has 0 heterocycles. The van der Waals surface area contributed by atoms with Crippen LogP contribution in [0.4, 0.5) is 0 Å². The molecular formula is C27H41N5O10. The van der Waals surface area contributed by atoms with E-state index in [1.807, 2.05) is 0 Å². The van der Waals surface area contributed by atoms with Crippen molar-refractivity contribution in [2.45, 2.75) is 82.8 Å². The van der Waals surface area contributed by atoms with Crippen LogP contribution in [-0.2, 0) is 35.2 Å². The average molecular weight is 596 g/mol. The van der Waals surface area contributed by atoms with Crippen molar-refractivity contribution in [1.82, 2.24) is 21.3 Å². The molecule has 0 aliphatic heterocycles. The molecule has 0 fully saturated rings.